The van der Waals surface area contributed by atoms with Crippen molar-refractivity contribution in [1.82, 2.24) is 14.8 Å². The highest BCUT2D eigenvalue weighted by atomic mass is 19.1. The van der Waals surface area contributed by atoms with Crippen LogP contribution in [0.15, 0.2) is 24.3 Å². The zero-order chi connectivity index (χ0) is 18.3. The van der Waals surface area contributed by atoms with Crippen LogP contribution in [0.3, 0.4) is 0 Å². The Morgan fingerprint density at radius 2 is 1.92 bits per heavy atom. The Bertz CT molecular complexity index is 979. The van der Waals surface area contributed by atoms with Crippen molar-refractivity contribution in [2.24, 2.45) is 0 Å². The highest BCUT2D eigenvalue weighted by Crippen LogP contribution is 2.26. The van der Waals surface area contributed by atoms with E-state index in [9.17, 15) is 13.6 Å². The number of hydrogen-bond acceptors (Lipinski definition) is 3. The number of halogens is 2. The van der Waals surface area contributed by atoms with Crippen molar-refractivity contribution in [3.05, 3.63) is 52.9 Å². The molecule has 0 aliphatic carbocycles. The Kier molecular flexibility index (Phi) is 4.24. The van der Waals surface area contributed by atoms with Crippen molar-refractivity contribution in [1.29, 1.82) is 0 Å². The molecule has 0 unspecified atom stereocenters. The SMILES string of the molecule is Cc1cc(C(=O)Nc2cc(F)ccc2F)c2c(C)nn(C(C)C)c2n1. The average Bonchev–Trinajstić information content (AvgIpc) is 2.87. The van der Waals surface area contributed by atoms with Gasteiger partial charge in [-0.15, -0.1) is 0 Å². The molecule has 0 fully saturated rings. The summed E-state index contributed by atoms with van der Waals surface area (Å²) in [7, 11) is 0. The molecule has 0 aliphatic heterocycles. The highest BCUT2D eigenvalue weighted by molar-refractivity contribution is 6.12. The minimum Gasteiger partial charge on any atom is -0.319 e. The summed E-state index contributed by atoms with van der Waals surface area (Å²) in [5.41, 5.74) is 2.01. The lowest BCUT2D eigenvalue weighted by Crippen LogP contribution is -2.15. The molecule has 0 saturated carbocycles. The lowest BCUT2D eigenvalue weighted by atomic mass is 10.1. The minimum atomic E-state index is -0.702. The number of fused-ring (bicyclic) bond motifs is 1. The van der Waals surface area contributed by atoms with E-state index in [0.717, 1.165) is 18.2 Å². The molecule has 7 heteroatoms. The number of nitrogens with zero attached hydrogens (tertiary/aromatic N) is 3. The van der Waals surface area contributed by atoms with Gasteiger partial charge in [-0.25, -0.2) is 18.4 Å². The van der Waals surface area contributed by atoms with Gasteiger partial charge in [-0.1, -0.05) is 0 Å². The first kappa shape index (κ1) is 17.0. The normalized spacial score (nSPS) is 11.3. The van der Waals surface area contributed by atoms with Crippen molar-refractivity contribution in [2.75, 3.05) is 5.32 Å². The van der Waals surface area contributed by atoms with E-state index >= 15 is 0 Å². The van der Waals surface area contributed by atoms with Gasteiger partial charge in [-0.05, 0) is 45.9 Å². The Balaban J connectivity index is 2.11. The van der Waals surface area contributed by atoms with Gasteiger partial charge in [0.2, 0.25) is 0 Å². The van der Waals surface area contributed by atoms with Gasteiger partial charge in [0.15, 0.2) is 5.65 Å². The van der Waals surface area contributed by atoms with Crippen molar-refractivity contribution in [2.45, 2.75) is 33.7 Å². The van der Waals surface area contributed by atoms with Gasteiger partial charge in [0, 0.05) is 17.8 Å². The van der Waals surface area contributed by atoms with Crippen LogP contribution in [0.5, 0.6) is 0 Å². The summed E-state index contributed by atoms with van der Waals surface area (Å²) in [6, 6.07) is 4.61. The summed E-state index contributed by atoms with van der Waals surface area (Å²) in [5.74, 6) is -1.87. The van der Waals surface area contributed by atoms with Gasteiger partial charge in [-0.3, -0.25) is 4.79 Å². The number of rotatable bonds is 3. The Hall–Kier alpha value is -2.83. The quantitative estimate of drug-likeness (QED) is 0.776. The van der Waals surface area contributed by atoms with E-state index < -0.39 is 17.5 Å². The molecular weight excluding hydrogens is 326 g/mol. The molecule has 3 aromatic rings. The summed E-state index contributed by atoms with van der Waals surface area (Å²) >= 11 is 0. The molecule has 0 aliphatic rings. The van der Waals surface area contributed by atoms with Gasteiger partial charge in [0.25, 0.3) is 5.91 Å². The molecule has 5 nitrogen and oxygen atoms in total. The maximum Gasteiger partial charge on any atom is 0.256 e. The molecule has 1 amide bonds. The first-order valence-electron chi connectivity index (χ1n) is 7.90. The first-order valence-corrected chi connectivity index (χ1v) is 7.90. The monoisotopic (exact) mass is 344 g/mol. The molecular formula is C18H18F2N4O. The van der Waals surface area contributed by atoms with Crippen molar-refractivity contribution in [3.63, 3.8) is 0 Å². The lowest BCUT2D eigenvalue weighted by molar-refractivity contribution is 0.102. The fraction of sp³-hybridized carbons (Fsp3) is 0.278. The maximum atomic E-state index is 13.8. The van der Waals surface area contributed by atoms with Gasteiger partial charge < -0.3 is 5.32 Å². The molecule has 25 heavy (non-hydrogen) atoms. The van der Waals surface area contributed by atoms with E-state index in [2.05, 4.69) is 15.4 Å². The first-order chi connectivity index (χ1) is 11.8. The van der Waals surface area contributed by atoms with E-state index in [1.807, 2.05) is 13.8 Å². The summed E-state index contributed by atoms with van der Waals surface area (Å²) in [5, 5.41) is 7.49. The third kappa shape index (κ3) is 3.09. The number of anilines is 1. The number of carbonyl (C=O) groups excluding carboxylic acids is 1. The Labute approximate surface area is 143 Å². The van der Waals surface area contributed by atoms with Gasteiger partial charge >= 0.3 is 0 Å². The molecule has 0 saturated heterocycles. The molecule has 0 radical (unpaired) electrons. The summed E-state index contributed by atoms with van der Waals surface area (Å²) in [4.78, 5) is 17.2. The van der Waals surface area contributed by atoms with Crippen LogP contribution in [0.1, 0.15) is 41.6 Å². The van der Waals surface area contributed by atoms with Crippen LogP contribution in [-0.2, 0) is 0 Å². The largest absolute Gasteiger partial charge is 0.319 e. The number of aromatic nitrogens is 3. The predicted molar refractivity (Wildman–Crippen MR) is 91.7 cm³/mol. The molecule has 0 spiro atoms. The number of aryl methyl sites for hydroxylation is 2. The number of nitrogens with one attached hydrogen (secondary N) is 1. The topological polar surface area (TPSA) is 59.8 Å². The minimum absolute atomic E-state index is 0.0714. The second-order valence-electron chi connectivity index (χ2n) is 6.21. The van der Waals surface area contributed by atoms with Crippen LogP contribution in [0, 0.1) is 25.5 Å². The Morgan fingerprint density at radius 1 is 1.20 bits per heavy atom. The van der Waals surface area contributed by atoms with E-state index in [4.69, 9.17) is 0 Å². The van der Waals surface area contributed by atoms with Crippen LogP contribution in [-0.4, -0.2) is 20.7 Å². The van der Waals surface area contributed by atoms with Crippen molar-refractivity contribution >= 4 is 22.6 Å². The standard InChI is InChI=1S/C18H18F2N4O/c1-9(2)24-17-16(11(4)23-24)13(7-10(3)21-17)18(25)22-15-8-12(19)5-6-14(15)20/h5-9H,1-4H3,(H,22,25). The lowest BCUT2D eigenvalue weighted by Gasteiger charge is -2.10. The van der Waals surface area contributed by atoms with Gasteiger partial charge in [0.1, 0.15) is 11.6 Å². The predicted octanol–water partition coefficient (Wildman–Crippen LogP) is 4.16. The van der Waals surface area contributed by atoms with Crippen LogP contribution < -0.4 is 5.32 Å². The van der Waals surface area contributed by atoms with Crippen LogP contribution in [0.4, 0.5) is 14.5 Å². The number of benzene rings is 1. The zero-order valence-corrected chi connectivity index (χ0v) is 14.4. The third-order valence-electron chi connectivity index (χ3n) is 3.88. The zero-order valence-electron chi connectivity index (χ0n) is 14.4. The third-order valence-corrected chi connectivity index (χ3v) is 3.88. The molecule has 1 N–H and O–H groups in total. The van der Waals surface area contributed by atoms with Crippen LogP contribution >= 0.6 is 0 Å². The number of amides is 1. The second-order valence-corrected chi connectivity index (χ2v) is 6.21. The fourth-order valence-electron chi connectivity index (χ4n) is 2.76. The van der Waals surface area contributed by atoms with Crippen LogP contribution in [0.2, 0.25) is 0 Å². The highest BCUT2D eigenvalue weighted by Gasteiger charge is 2.20. The fourth-order valence-corrected chi connectivity index (χ4v) is 2.76. The van der Waals surface area contributed by atoms with E-state index in [1.54, 1.807) is 24.6 Å². The van der Waals surface area contributed by atoms with Gasteiger partial charge in [-0.2, -0.15) is 5.10 Å². The molecule has 2 heterocycles. The average molecular weight is 344 g/mol. The molecule has 0 atom stereocenters. The van der Waals surface area contributed by atoms with Crippen molar-refractivity contribution in [3.8, 4) is 0 Å². The number of hydrogen-bond donors (Lipinski definition) is 1. The van der Waals surface area contributed by atoms with E-state index in [0.29, 0.717) is 28.0 Å². The van der Waals surface area contributed by atoms with E-state index in [1.165, 1.54) is 0 Å². The maximum absolute atomic E-state index is 13.8. The number of carbonyl (C=O) groups is 1. The molecule has 130 valence electrons. The summed E-state index contributed by atoms with van der Waals surface area (Å²) in [6.07, 6.45) is 0. The molecule has 0 bridgehead atoms. The van der Waals surface area contributed by atoms with Crippen molar-refractivity contribution < 1.29 is 13.6 Å². The number of pyridine rings is 1. The van der Waals surface area contributed by atoms with Gasteiger partial charge in [0.05, 0.1) is 22.3 Å². The van der Waals surface area contributed by atoms with E-state index in [-0.39, 0.29) is 11.7 Å². The Morgan fingerprint density at radius 3 is 2.60 bits per heavy atom. The summed E-state index contributed by atoms with van der Waals surface area (Å²) in [6.45, 7) is 7.50. The van der Waals surface area contributed by atoms with Crippen LogP contribution in [0.25, 0.3) is 11.0 Å². The molecule has 2 aromatic heterocycles. The second kappa shape index (κ2) is 6.23. The smallest absolute Gasteiger partial charge is 0.256 e. The molecule has 3 rings (SSSR count). The molecule has 1 aromatic carbocycles. The summed E-state index contributed by atoms with van der Waals surface area (Å²) < 4.78 is 28.9.